The van der Waals surface area contributed by atoms with Crippen molar-refractivity contribution < 1.29 is 24.2 Å². The van der Waals surface area contributed by atoms with Gasteiger partial charge in [0.1, 0.15) is 12.1 Å². The molecule has 0 rings (SSSR count). The summed E-state index contributed by atoms with van der Waals surface area (Å²) in [5.74, 6) is -1.76. The van der Waals surface area contributed by atoms with Crippen molar-refractivity contribution in [2.45, 2.75) is 25.9 Å². The second kappa shape index (κ2) is 5.84. The van der Waals surface area contributed by atoms with Crippen molar-refractivity contribution in [2.75, 3.05) is 7.11 Å². The van der Waals surface area contributed by atoms with E-state index in [1.165, 1.54) is 21.0 Å². The Labute approximate surface area is 86.8 Å². The normalized spacial score (nSPS) is 13.5. The number of carbonyl (C=O) groups excluding carboxylic acids is 2. The van der Waals surface area contributed by atoms with Crippen LogP contribution in [-0.4, -0.2) is 42.3 Å². The summed E-state index contributed by atoms with van der Waals surface area (Å²) in [5.41, 5.74) is 0. The number of methoxy groups -OCH3 is 1. The Morgan fingerprint density at radius 3 is 2.00 bits per heavy atom. The monoisotopic (exact) mass is 218 g/mol. The van der Waals surface area contributed by atoms with Crippen LogP contribution in [0.4, 0.5) is 4.79 Å². The Morgan fingerprint density at radius 1 is 1.13 bits per heavy atom. The third-order valence-corrected chi connectivity index (χ3v) is 1.62. The Balaban J connectivity index is 4.04. The van der Waals surface area contributed by atoms with Gasteiger partial charge < -0.3 is 20.5 Å². The number of hydrogen-bond acceptors (Lipinski definition) is 4. The van der Waals surface area contributed by atoms with E-state index in [0.717, 1.165) is 0 Å². The first-order chi connectivity index (χ1) is 6.88. The van der Waals surface area contributed by atoms with Crippen molar-refractivity contribution in [3.05, 3.63) is 0 Å². The minimum atomic E-state index is -1.16. The molecular weight excluding hydrogens is 204 g/mol. The van der Waals surface area contributed by atoms with Gasteiger partial charge in [0.15, 0.2) is 0 Å². The minimum absolute atomic E-state index is 0.604. The summed E-state index contributed by atoms with van der Waals surface area (Å²) < 4.78 is 4.37. The van der Waals surface area contributed by atoms with Crippen LogP contribution in [0.5, 0.6) is 0 Å². The summed E-state index contributed by atoms with van der Waals surface area (Å²) in [6.07, 6.45) is 0. The van der Waals surface area contributed by atoms with Gasteiger partial charge in [-0.2, -0.15) is 0 Å². The number of carbonyl (C=O) groups is 3. The lowest BCUT2D eigenvalue weighted by Gasteiger charge is -2.14. The Bertz CT molecular complexity index is 266. The molecule has 86 valence electrons. The van der Waals surface area contributed by atoms with Gasteiger partial charge in [-0.3, -0.25) is 4.79 Å². The number of hydrogen-bond donors (Lipinski definition) is 3. The van der Waals surface area contributed by atoms with Crippen molar-refractivity contribution >= 4 is 18.0 Å². The van der Waals surface area contributed by atoms with Gasteiger partial charge in [0, 0.05) is 0 Å². The Hall–Kier alpha value is -1.79. The van der Waals surface area contributed by atoms with Crippen molar-refractivity contribution in [2.24, 2.45) is 0 Å². The topological polar surface area (TPSA) is 105 Å². The molecule has 0 aromatic heterocycles. The fourth-order valence-electron chi connectivity index (χ4n) is 0.732. The van der Waals surface area contributed by atoms with Crippen LogP contribution in [-0.2, 0) is 14.3 Å². The smallest absolute Gasteiger partial charge is 0.328 e. The number of nitrogens with one attached hydrogen (secondary N) is 2. The van der Waals surface area contributed by atoms with Gasteiger partial charge in [-0.15, -0.1) is 0 Å². The molecule has 0 bridgehead atoms. The van der Waals surface area contributed by atoms with Gasteiger partial charge >= 0.3 is 18.0 Å². The highest BCUT2D eigenvalue weighted by Gasteiger charge is 2.18. The standard InChI is InChI=1S/C8H14N2O5/c1-4(6(11)12)9-8(14)10-5(2)7(13)15-3/h4-5H,1-3H3,(H,11,12)(H2,9,10,14)/t4-,5?/m1/s1. The molecule has 0 heterocycles. The maximum atomic E-state index is 11.1. The molecule has 0 fully saturated rings. The van der Waals surface area contributed by atoms with Crippen LogP contribution in [0.2, 0.25) is 0 Å². The number of carboxylic acids is 1. The average Bonchev–Trinajstić information content (AvgIpc) is 2.15. The van der Waals surface area contributed by atoms with Crippen LogP contribution >= 0.6 is 0 Å². The average molecular weight is 218 g/mol. The van der Waals surface area contributed by atoms with Gasteiger partial charge in [0.05, 0.1) is 7.11 Å². The summed E-state index contributed by atoms with van der Waals surface area (Å²) in [5, 5.41) is 12.8. The maximum Gasteiger partial charge on any atom is 0.328 e. The first kappa shape index (κ1) is 13.2. The zero-order valence-corrected chi connectivity index (χ0v) is 8.73. The maximum absolute atomic E-state index is 11.1. The number of rotatable bonds is 4. The molecule has 3 N–H and O–H groups in total. The molecule has 0 saturated carbocycles. The zero-order chi connectivity index (χ0) is 12.0. The second-order valence-corrected chi connectivity index (χ2v) is 2.92. The molecule has 0 aliphatic rings. The quantitative estimate of drug-likeness (QED) is 0.542. The summed E-state index contributed by atoms with van der Waals surface area (Å²) in [4.78, 5) is 32.4. The van der Waals surface area contributed by atoms with Crippen LogP contribution in [0.25, 0.3) is 0 Å². The van der Waals surface area contributed by atoms with E-state index in [0.29, 0.717) is 0 Å². The molecule has 7 nitrogen and oxygen atoms in total. The third-order valence-electron chi connectivity index (χ3n) is 1.62. The Kier molecular flexibility index (Phi) is 5.14. The highest BCUT2D eigenvalue weighted by molar-refractivity contribution is 5.86. The SMILES string of the molecule is COC(=O)C(C)NC(=O)N[C@H](C)C(=O)O. The fraction of sp³-hybridized carbons (Fsp3) is 0.625. The van der Waals surface area contributed by atoms with E-state index in [9.17, 15) is 14.4 Å². The fourth-order valence-corrected chi connectivity index (χ4v) is 0.732. The summed E-state index contributed by atoms with van der Waals surface area (Å²) >= 11 is 0. The first-order valence-electron chi connectivity index (χ1n) is 4.26. The molecule has 0 aromatic carbocycles. The zero-order valence-electron chi connectivity index (χ0n) is 8.73. The number of carboxylic acid groups (broad SMARTS) is 1. The summed E-state index contributed by atoms with van der Waals surface area (Å²) in [7, 11) is 1.19. The number of amides is 2. The molecule has 2 atom stereocenters. The summed E-state index contributed by atoms with van der Waals surface area (Å²) in [6, 6.07) is -2.58. The van der Waals surface area contributed by atoms with Crippen molar-refractivity contribution in [3.63, 3.8) is 0 Å². The van der Waals surface area contributed by atoms with E-state index in [-0.39, 0.29) is 0 Å². The lowest BCUT2D eigenvalue weighted by Crippen LogP contribution is -2.49. The molecule has 0 radical (unpaired) electrons. The number of ether oxygens (including phenoxy) is 1. The van der Waals surface area contributed by atoms with Crippen LogP contribution in [0.3, 0.4) is 0 Å². The molecule has 0 aliphatic carbocycles. The van der Waals surface area contributed by atoms with E-state index in [1.807, 2.05) is 0 Å². The predicted molar refractivity (Wildman–Crippen MR) is 50.2 cm³/mol. The highest BCUT2D eigenvalue weighted by Crippen LogP contribution is 1.87. The number of urea groups is 1. The summed E-state index contributed by atoms with van der Waals surface area (Å²) in [6.45, 7) is 2.74. The van der Waals surface area contributed by atoms with Crippen molar-refractivity contribution in [3.8, 4) is 0 Å². The largest absolute Gasteiger partial charge is 0.480 e. The van der Waals surface area contributed by atoms with E-state index in [4.69, 9.17) is 5.11 Å². The van der Waals surface area contributed by atoms with Gasteiger partial charge in [0.2, 0.25) is 0 Å². The second-order valence-electron chi connectivity index (χ2n) is 2.92. The predicted octanol–water partition coefficient (Wildman–Crippen LogP) is -0.680. The molecule has 7 heteroatoms. The lowest BCUT2D eigenvalue weighted by molar-refractivity contribution is -0.142. The molecule has 0 spiro atoms. The van der Waals surface area contributed by atoms with Gasteiger partial charge in [0.25, 0.3) is 0 Å². The number of aliphatic carboxylic acids is 1. The van der Waals surface area contributed by atoms with Gasteiger partial charge in [-0.1, -0.05) is 0 Å². The molecule has 2 amide bonds. The van der Waals surface area contributed by atoms with E-state index in [1.54, 1.807) is 0 Å². The van der Waals surface area contributed by atoms with Crippen molar-refractivity contribution in [1.82, 2.24) is 10.6 Å². The van der Waals surface area contributed by atoms with Gasteiger partial charge in [-0.05, 0) is 13.8 Å². The Morgan fingerprint density at radius 2 is 1.60 bits per heavy atom. The number of esters is 1. The van der Waals surface area contributed by atoms with Crippen molar-refractivity contribution in [1.29, 1.82) is 0 Å². The highest BCUT2D eigenvalue weighted by atomic mass is 16.5. The minimum Gasteiger partial charge on any atom is -0.480 e. The molecule has 0 aliphatic heterocycles. The van der Waals surface area contributed by atoms with Crippen LogP contribution in [0.1, 0.15) is 13.8 Å². The molecule has 15 heavy (non-hydrogen) atoms. The van der Waals surface area contributed by atoms with Crippen LogP contribution in [0.15, 0.2) is 0 Å². The van der Waals surface area contributed by atoms with E-state index < -0.39 is 30.1 Å². The van der Waals surface area contributed by atoms with Crippen LogP contribution < -0.4 is 10.6 Å². The van der Waals surface area contributed by atoms with E-state index >= 15 is 0 Å². The molecule has 0 aromatic rings. The first-order valence-corrected chi connectivity index (χ1v) is 4.26. The van der Waals surface area contributed by atoms with Crippen LogP contribution in [0, 0.1) is 0 Å². The molecule has 0 saturated heterocycles. The third kappa shape index (κ3) is 4.84. The van der Waals surface area contributed by atoms with Gasteiger partial charge in [-0.25, -0.2) is 9.59 Å². The molecular formula is C8H14N2O5. The lowest BCUT2D eigenvalue weighted by atomic mass is 10.3. The molecule has 1 unspecified atom stereocenters. The van der Waals surface area contributed by atoms with E-state index in [2.05, 4.69) is 15.4 Å².